The van der Waals surface area contributed by atoms with Gasteiger partial charge < -0.3 is 15.0 Å². The Balaban J connectivity index is 1.57. The summed E-state index contributed by atoms with van der Waals surface area (Å²) in [4.78, 5) is 30.4. The molecule has 0 bridgehead atoms. The molecule has 1 aliphatic carbocycles. The average molecular weight is 674 g/mol. The SMILES string of the molecule is COc1cccc(N(CC(=O)N(Cc2ccccc2Cl)C(Cc2ccccc2)C(=O)NC2CCCCC2)S(=O)(=O)c2ccccc2)c1. The molecule has 0 saturated heterocycles. The molecule has 10 heteroatoms. The fourth-order valence-electron chi connectivity index (χ4n) is 5.92. The number of hydrogen-bond acceptors (Lipinski definition) is 5. The summed E-state index contributed by atoms with van der Waals surface area (Å²) >= 11 is 6.60. The van der Waals surface area contributed by atoms with Gasteiger partial charge in [0.15, 0.2) is 0 Å². The molecule has 1 unspecified atom stereocenters. The number of ether oxygens (including phenoxy) is 1. The summed E-state index contributed by atoms with van der Waals surface area (Å²) in [5.74, 6) is -0.392. The number of amides is 2. The monoisotopic (exact) mass is 673 g/mol. The molecule has 4 aromatic rings. The van der Waals surface area contributed by atoms with Gasteiger partial charge in [0.25, 0.3) is 10.0 Å². The van der Waals surface area contributed by atoms with Crippen LogP contribution in [0.25, 0.3) is 0 Å². The van der Waals surface area contributed by atoms with E-state index in [1.807, 2.05) is 42.5 Å². The molecule has 1 atom stereocenters. The summed E-state index contributed by atoms with van der Waals surface area (Å²) < 4.78 is 34.8. The second-order valence-corrected chi connectivity index (χ2v) is 14.0. The van der Waals surface area contributed by atoms with Crippen molar-refractivity contribution >= 4 is 39.1 Å². The van der Waals surface area contributed by atoms with Crippen LogP contribution in [-0.2, 0) is 32.6 Å². The Bertz CT molecular complexity index is 1750. The number of methoxy groups -OCH3 is 1. The number of carbonyl (C=O) groups excluding carboxylic acids is 2. The smallest absolute Gasteiger partial charge is 0.264 e. The first-order chi connectivity index (χ1) is 22.8. The number of anilines is 1. The molecule has 0 aromatic heterocycles. The second kappa shape index (κ2) is 16.0. The number of halogens is 1. The Morgan fingerprint density at radius 3 is 2.21 bits per heavy atom. The van der Waals surface area contributed by atoms with E-state index < -0.39 is 28.5 Å². The zero-order valence-electron chi connectivity index (χ0n) is 26.4. The van der Waals surface area contributed by atoms with E-state index in [4.69, 9.17) is 16.3 Å². The van der Waals surface area contributed by atoms with Crippen molar-refractivity contribution in [1.29, 1.82) is 0 Å². The van der Waals surface area contributed by atoms with Crippen LogP contribution in [0.1, 0.15) is 43.2 Å². The van der Waals surface area contributed by atoms with Crippen LogP contribution in [0, 0.1) is 0 Å². The van der Waals surface area contributed by atoms with Crippen LogP contribution >= 0.6 is 11.6 Å². The van der Waals surface area contributed by atoms with Crippen molar-refractivity contribution in [3.05, 3.63) is 125 Å². The lowest BCUT2D eigenvalue weighted by atomic mass is 9.94. The molecule has 0 radical (unpaired) electrons. The predicted molar refractivity (Wildman–Crippen MR) is 185 cm³/mol. The lowest BCUT2D eigenvalue weighted by molar-refractivity contribution is -0.140. The Labute approximate surface area is 282 Å². The van der Waals surface area contributed by atoms with Crippen molar-refractivity contribution in [2.45, 2.75) is 62.0 Å². The predicted octanol–water partition coefficient (Wildman–Crippen LogP) is 6.63. The second-order valence-electron chi connectivity index (χ2n) is 11.7. The van der Waals surface area contributed by atoms with Crippen molar-refractivity contribution in [1.82, 2.24) is 10.2 Å². The fourth-order valence-corrected chi connectivity index (χ4v) is 7.54. The topological polar surface area (TPSA) is 96.0 Å². The lowest BCUT2D eigenvalue weighted by Gasteiger charge is -2.35. The minimum absolute atomic E-state index is 0.00539. The third-order valence-electron chi connectivity index (χ3n) is 8.47. The molecule has 1 saturated carbocycles. The van der Waals surface area contributed by atoms with Crippen molar-refractivity contribution in [2.75, 3.05) is 18.0 Å². The molecule has 1 aliphatic rings. The van der Waals surface area contributed by atoms with Crippen molar-refractivity contribution in [3.8, 4) is 5.75 Å². The van der Waals surface area contributed by atoms with E-state index >= 15 is 0 Å². The van der Waals surface area contributed by atoms with Gasteiger partial charge >= 0.3 is 0 Å². The first kappa shape index (κ1) is 34.0. The van der Waals surface area contributed by atoms with E-state index in [-0.39, 0.29) is 35.5 Å². The summed E-state index contributed by atoms with van der Waals surface area (Å²) in [6, 6.07) is 30.3. The first-order valence-corrected chi connectivity index (χ1v) is 17.7. The van der Waals surface area contributed by atoms with Gasteiger partial charge in [0.05, 0.1) is 17.7 Å². The van der Waals surface area contributed by atoms with Crippen LogP contribution in [0.15, 0.2) is 114 Å². The Kier molecular flexibility index (Phi) is 11.6. The van der Waals surface area contributed by atoms with Crippen molar-refractivity contribution < 1.29 is 22.7 Å². The molecule has 8 nitrogen and oxygen atoms in total. The number of sulfonamides is 1. The molecule has 4 aromatic carbocycles. The van der Waals surface area contributed by atoms with Crippen LogP contribution in [0.2, 0.25) is 5.02 Å². The van der Waals surface area contributed by atoms with E-state index in [0.717, 1.165) is 42.0 Å². The van der Waals surface area contributed by atoms with E-state index in [0.29, 0.717) is 16.3 Å². The summed E-state index contributed by atoms with van der Waals surface area (Å²) in [5.41, 5.74) is 1.77. The number of hydrogen-bond donors (Lipinski definition) is 1. The highest BCUT2D eigenvalue weighted by atomic mass is 35.5. The summed E-state index contributed by atoms with van der Waals surface area (Å²) in [5, 5.41) is 3.66. The van der Waals surface area contributed by atoms with Gasteiger partial charge in [0.2, 0.25) is 11.8 Å². The maximum atomic E-state index is 14.7. The molecular formula is C37H40ClN3O5S. The summed E-state index contributed by atoms with van der Waals surface area (Å²) in [6.45, 7) is -0.553. The Hall–Kier alpha value is -4.34. The third-order valence-corrected chi connectivity index (χ3v) is 10.6. The number of nitrogens with one attached hydrogen (secondary N) is 1. The average Bonchev–Trinajstić information content (AvgIpc) is 3.10. The number of benzene rings is 4. The molecule has 0 aliphatic heterocycles. The van der Waals surface area contributed by atoms with Gasteiger partial charge in [0.1, 0.15) is 18.3 Å². The maximum Gasteiger partial charge on any atom is 0.264 e. The quantitative estimate of drug-likeness (QED) is 0.172. The zero-order valence-corrected chi connectivity index (χ0v) is 28.0. The molecule has 246 valence electrons. The molecule has 1 fully saturated rings. The molecule has 47 heavy (non-hydrogen) atoms. The van der Waals surface area contributed by atoms with E-state index in [1.165, 1.54) is 24.1 Å². The Morgan fingerprint density at radius 2 is 1.53 bits per heavy atom. The molecule has 5 rings (SSSR count). The highest BCUT2D eigenvalue weighted by molar-refractivity contribution is 7.92. The normalized spacial score (nSPS) is 14.2. The zero-order chi connectivity index (χ0) is 33.2. The van der Waals surface area contributed by atoms with Gasteiger partial charge in [-0.2, -0.15) is 0 Å². The standard InChI is InChI=1S/C37H40ClN3O5S/c1-46-32-20-13-19-31(25-32)41(47(44,45)33-21-9-4-10-22-33)27-36(42)40(26-29-16-11-12-23-34(29)38)35(24-28-14-5-2-6-15-28)37(43)39-30-17-7-3-8-18-30/h2,4-6,9-16,19-23,25,30,35H,3,7-8,17-18,24,26-27H2,1H3,(H,39,43). The minimum Gasteiger partial charge on any atom is -0.497 e. The minimum atomic E-state index is -4.21. The van der Waals surface area contributed by atoms with Crippen LogP contribution in [-0.4, -0.2) is 50.9 Å². The molecule has 1 N–H and O–H groups in total. The van der Waals surface area contributed by atoms with Gasteiger partial charge in [-0.25, -0.2) is 8.42 Å². The van der Waals surface area contributed by atoms with Crippen molar-refractivity contribution in [3.63, 3.8) is 0 Å². The fraction of sp³-hybridized carbons (Fsp3) is 0.297. The molecule has 2 amide bonds. The van der Waals surface area contributed by atoms with Gasteiger partial charge in [-0.15, -0.1) is 0 Å². The van der Waals surface area contributed by atoms with E-state index in [9.17, 15) is 18.0 Å². The summed E-state index contributed by atoms with van der Waals surface area (Å²) in [6.07, 6.45) is 5.18. The lowest BCUT2D eigenvalue weighted by Crippen LogP contribution is -2.55. The highest BCUT2D eigenvalue weighted by Gasteiger charge is 2.35. The van der Waals surface area contributed by atoms with Gasteiger partial charge in [0, 0.05) is 30.1 Å². The maximum absolute atomic E-state index is 14.7. The van der Waals surface area contributed by atoms with Gasteiger partial charge in [-0.1, -0.05) is 104 Å². The molecular weight excluding hydrogens is 634 g/mol. The van der Waals surface area contributed by atoms with E-state index in [2.05, 4.69) is 5.32 Å². The van der Waals surface area contributed by atoms with E-state index in [1.54, 1.807) is 54.6 Å². The van der Waals surface area contributed by atoms with Crippen LogP contribution in [0.4, 0.5) is 5.69 Å². The summed E-state index contributed by atoms with van der Waals surface area (Å²) in [7, 11) is -2.72. The van der Waals surface area contributed by atoms with Crippen molar-refractivity contribution in [2.24, 2.45) is 0 Å². The Morgan fingerprint density at radius 1 is 0.872 bits per heavy atom. The van der Waals surface area contributed by atoms with Crippen LogP contribution < -0.4 is 14.4 Å². The van der Waals surface area contributed by atoms with Crippen LogP contribution in [0.3, 0.4) is 0 Å². The van der Waals surface area contributed by atoms with Gasteiger partial charge in [-0.05, 0) is 54.3 Å². The largest absolute Gasteiger partial charge is 0.497 e. The highest BCUT2D eigenvalue weighted by Crippen LogP contribution is 2.28. The molecule has 0 spiro atoms. The molecule has 0 heterocycles. The number of rotatable bonds is 13. The number of nitrogens with zero attached hydrogens (tertiary/aromatic N) is 2. The van der Waals surface area contributed by atoms with Crippen LogP contribution in [0.5, 0.6) is 5.75 Å². The third kappa shape index (κ3) is 8.73. The number of carbonyl (C=O) groups is 2. The van der Waals surface area contributed by atoms with Gasteiger partial charge in [-0.3, -0.25) is 13.9 Å². The first-order valence-electron chi connectivity index (χ1n) is 15.9.